The SMILES string of the molecule is CCCN(CCC)C(c1ccc(Cl)s1)C(C)N. The van der Waals surface area contributed by atoms with Crippen LogP contribution in [0.2, 0.25) is 4.34 Å². The molecule has 0 aromatic carbocycles. The maximum absolute atomic E-state index is 6.16. The number of thiophene rings is 1. The molecular formula is C13H23ClN2S. The van der Waals surface area contributed by atoms with Crippen LogP contribution in [0.1, 0.15) is 44.5 Å². The van der Waals surface area contributed by atoms with Crippen LogP contribution in [-0.2, 0) is 0 Å². The highest BCUT2D eigenvalue weighted by Gasteiger charge is 2.24. The third kappa shape index (κ3) is 4.25. The minimum atomic E-state index is 0.128. The van der Waals surface area contributed by atoms with Crippen molar-refractivity contribution in [1.82, 2.24) is 4.90 Å². The summed E-state index contributed by atoms with van der Waals surface area (Å²) in [6.07, 6.45) is 2.31. The Morgan fingerprint density at radius 1 is 1.29 bits per heavy atom. The van der Waals surface area contributed by atoms with Crippen LogP contribution in [-0.4, -0.2) is 24.0 Å². The van der Waals surface area contributed by atoms with Crippen LogP contribution in [0.3, 0.4) is 0 Å². The summed E-state index contributed by atoms with van der Waals surface area (Å²) in [4.78, 5) is 3.76. The first-order chi connectivity index (χ1) is 8.10. The van der Waals surface area contributed by atoms with Gasteiger partial charge in [0.25, 0.3) is 0 Å². The Morgan fingerprint density at radius 2 is 1.88 bits per heavy atom. The quantitative estimate of drug-likeness (QED) is 0.817. The maximum Gasteiger partial charge on any atom is 0.0931 e. The normalized spacial score (nSPS) is 15.2. The molecule has 2 atom stereocenters. The molecular weight excluding hydrogens is 252 g/mol. The molecule has 0 aliphatic carbocycles. The Balaban J connectivity index is 2.89. The maximum atomic E-state index is 6.16. The molecule has 2 unspecified atom stereocenters. The molecule has 1 aromatic heterocycles. The molecule has 98 valence electrons. The Kier molecular flexibility index (Phi) is 6.49. The van der Waals surface area contributed by atoms with E-state index in [0.717, 1.165) is 30.3 Å². The predicted molar refractivity (Wildman–Crippen MR) is 77.9 cm³/mol. The third-order valence-corrected chi connectivity index (χ3v) is 4.10. The van der Waals surface area contributed by atoms with Crippen molar-refractivity contribution in [2.45, 2.75) is 45.7 Å². The first-order valence-corrected chi connectivity index (χ1v) is 7.54. The highest BCUT2D eigenvalue weighted by molar-refractivity contribution is 7.16. The number of hydrogen-bond acceptors (Lipinski definition) is 3. The van der Waals surface area contributed by atoms with E-state index in [9.17, 15) is 0 Å². The number of rotatable bonds is 7. The van der Waals surface area contributed by atoms with Crippen molar-refractivity contribution >= 4 is 22.9 Å². The molecule has 4 heteroatoms. The fraction of sp³-hybridized carbons (Fsp3) is 0.692. The molecule has 1 rings (SSSR count). The van der Waals surface area contributed by atoms with Crippen molar-refractivity contribution in [1.29, 1.82) is 0 Å². The van der Waals surface area contributed by atoms with Crippen LogP contribution >= 0.6 is 22.9 Å². The highest BCUT2D eigenvalue weighted by atomic mass is 35.5. The van der Waals surface area contributed by atoms with E-state index in [2.05, 4.69) is 31.7 Å². The summed E-state index contributed by atoms with van der Waals surface area (Å²) in [6.45, 7) is 8.69. The Labute approximate surface area is 114 Å². The smallest absolute Gasteiger partial charge is 0.0931 e. The van der Waals surface area contributed by atoms with E-state index < -0.39 is 0 Å². The average molecular weight is 275 g/mol. The first kappa shape index (κ1) is 15.0. The zero-order chi connectivity index (χ0) is 12.8. The van der Waals surface area contributed by atoms with Gasteiger partial charge < -0.3 is 5.73 Å². The van der Waals surface area contributed by atoms with E-state index in [1.165, 1.54) is 4.88 Å². The zero-order valence-electron chi connectivity index (χ0n) is 10.9. The highest BCUT2D eigenvalue weighted by Crippen LogP contribution is 2.32. The molecule has 2 N–H and O–H groups in total. The lowest BCUT2D eigenvalue weighted by atomic mass is 10.1. The summed E-state index contributed by atoms with van der Waals surface area (Å²) in [7, 11) is 0. The molecule has 0 saturated carbocycles. The summed E-state index contributed by atoms with van der Waals surface area (Å²) in [6, 6.07) is 4.50. The predicted octanol–water partition coefficient (Wildman–Crippen LogP) is 3.91. The summed E-state index contributed by atoms with van der Waals surface area (Å²) in [5.74, 6) is 0. The lowest BCUT2D eigenvalue weighted by Gasteiger charge is -2.33. The van der Waals surface area contributed by atoms with Gasteiger partial charge in [0.2, 0.25) is 0 Å². The standard InChI is InChI=1S/C13H23ClN2S/c1-4-8-16(9-5-2)13(10(3)15)11-6-7-12(14)17-11/h6-7,10,13H,4-5,8-9,15H2,1-3H3. The second-order valence-corrected chi connectivity index (χ2v) is 6.23. The van der Waals surface area contributed by atoms with Gasteiger partial charge in [-0.1, -0.05) is 25.4 Å². The fourth-order valence-corrected chi connectivity index (χ4v) is 3.54. The second kappa shape index (κ2) is 7.37. The van der Waals surface area contributed by atoms with Crippen LogP contribution in [0.25, 0.3) is 0 Å². The largest absolute Gasteiger partial charge is 0.326 e. The lowest BCUT2D eigenvalue weighted by Crippen LogP contribution is -2.40. The third-order valence-electron chi connectivity index (χ3n) is 2.80. The average Bonchev–Trinajstić information content (AvgIpc) is 2.65. The summed E-state index contributed by atoms with van der Waals surface area (Å²) < 4.78 is 0.846. The molecule has 1 aromatic rings. The monoisotopic (exact) mass is 274 g/mol. The molecule has 1 heterocycles. The van der Waals surface area contributed by atoms with Crippen LogP contribution in [0.15, 0.2) is 12.1 Å². The Morgan fingerprint density at radius 3 is 2.24 bits per heavy atom. The van der Waals surface area contributed by atoms with Crippen molar-refractivity contribution in [2.75, 3.05) is 13.1 Å². The van der Waals surface area contributed by atoms with Gasteiger partial charge >= 0.3 is 0 Å². The molecule has 0 fully saturated rings. The van der Waals surface area contributed by atoms with Crippen molar-refractivity contribution < 1.29 is 0 Å². The van der Waals surface area contributed by atoms with E-state index in [0.29, 0.717) is 6.04 Å². The molecule has 17 heavy (non-hydrogen) atoms. The van der Waals surface area contributed by atoms with Gasteiger partial charge in [-0.05, 0) is 45.0 Å². The Hall–Kier alpha value is -0.0900. The minimum absolute atomic E-state index is 0.128. The minimum Gasteiger partial charge on any atom is -0.326 e. The second-order valence-electron chi connectivity index (χ2n) is 4.48. The Bertz CT molecular complexity index is 319. The van der Waals surface area contributed by atoms with Crippen LogP contribution in [0, 0.1) is 0 Å². The van der Waals surface area contributed by atoms with Gasteiger partial charge in [0.1, 0.15) is 0 Å². The number of hydrogen-bond donors (Lipinski definition) is 1. The molecule has 0 aliphatic heterocycles. The van der Waals surface area contributed by atoms with Gasteiger partial charge in [-0.15, -0.1) is 11.3 Å². The van der Waals surface area contributed by atoms with Gasteiger partial charge in [0, 0.05) is 10.9 Å². The van der Waals surface area contributed by atoms with Crippen molar-refractivity contribution in [2.24, 2.45) is 5.73 Å². The van der Waals surface area contributed by atoms with Crippen LogP contribution < -0.4 is 5.73 Å². The summed E-state index contributed by atoms with van der Waals surface area (Å²) in [5.41, 5.74) is 6.16. The first-order valence-electron chi connectivity index (χ1n) is 6.35. The number of nitrogens with two attached hydrogens (primary N) is 1. The summed E-state index contributed by atoms with van der Waals surface area (Å²) in [5, 5.41) is 0. The van der Waals surface area contributed by atoms with Crippen LogP contribution in [0.5, 0.6) is 0 Å². The number of halogens is 1. The zero-order valence-corrected chi connectivity index (χ0v) is 12.5. The molecule has 0 saturated heterocycles. The van der Waals surface area contributed by atoms with Gasteiger partial charge in [-0.3, -0.25) is 4.90 Å². The molecule has 0 spiro atoms. The van der Waals surface area contributed by atoms with Crippen molar-refractivity contribution in [3.63, 3.8) is 0 Å². The van der Waals surface area contributed by atoms with Crippen LogP contribution in [0.4, 0.5) is 0 Å². The van der Waals surface area contributed by atoms with E-state index in [4.69, 9.17) is 17.3 Å². The van der Waals surface area contributed by atoms with E-state index >= 15 is 0 Å². The van der Waals surface area contributed by atoms with E-state index in [-0.39, 0.29) is 6.04 Å². The van der Waals surface area contributed by atoms with Gasteiger partial charge in [0.05, 0.1) is 10.4 Å². The topological polar surface area (TPSA) is 29.3 Å². The van der Waals surface area contributed by atoms with Gasteiger partial charge in [-0.25, -0.2) is 0 Å². The van der Waals surface area contributed by atoms with E-state index in [1.54, 1.807) is 11.3 Å². The molecule has 0 radical (unpaired) electrons. The summed E-state index contributed by atoms with van der Waals surface area (Å²) >= 11 is 7.68. The molecule has 0 amide bonds. The van der Waals surface area contributed by atoms with Gasteiger partial charge in [-0.2, -0.15) is 0 Å². The molecule has 2 nitrogen and oxygen atoms in total. The van der Waals surface area contributed by atoms with E-state index in [1.807, 2.05) is 6.07 Å². The molecule has 0 aliphatic rings. The van der Waals surface area contributed by atoms with Crippen molar-refractivity contribution in [3.05, 3.63) is 21.3 Å². The fourth-order valence-electron chi connectivity index (χ4n) is 2.22. The number of nitrogens with zero attached hydrogens (tertiary/aromatic N) is 1. The molecule has 0 bridgehead atoms. The van der Waals surface area contributed by atoms with Gasteiger partial charge in [0.15, 0.2) is 0 Å². The van der Waals surface area contributed by atoms with Crippen molar-refractivity contribution in [3.8, 4) is 0 Å². The lowest BCUT2D eigenvalue weighted by molar-refractivity contribution is 0.179.